The highest BCUT2D eigenvalue weighted by atomic mass is 19.1. The van der Waals surface area contributed by atoms with Gasteiger partial charge < -0.3 is 15.4 Å². The quantitative estimate of drug-likeness (QED) is 0.699. The normalized spacial score (nSPS) is 14.8. The number of nitrogens with two attached hydrogens (primary N) is 1. The van der Waals surface area contributed by atoms with Crippen molar-refractivity contribution in [3.8, 4) is 0 Å². The van der Waals surface area contributed by atoms with Crippen LogP contribution in [0.15, 0.2) is 36.4 Å². The second kappa shape index (κ2) is 6.38. The summed E-state index contributed by atoms with van der Waals surface area (Å²) >= 11 is 0. The van der Waals surface area contributed by atoms with Crippen molar-refractivity contribution < 1.29 is 13.9 Å². The van der Waals surface area contributed by atoms with Gasteiger partial charge in [0.25, 0.3) is 0 Å². The van der Waals surface area contributed by atoms with Gasteiger partial charge in [-0.05, 0) is 48.9 Å². The van der Waals surface area contributed by atoms with Crippen LogP contribution in [0.1, 0.15) is 21.5 Å². The summed E-state index contributed by atoms with van der Waals surface area (Å²) in [5.74, 6) is -0.475. The number of benzene rings is 2. The number of hydrogen-bond donors (Lipinski definition) is 1. The molecule has 23 heavy (non-hydrogen) atoms. The topological polar surface area (TPSA) is 55.6 Å². The van der Waals surface area contributed by atoms with E-state index in [4.69, 9.17) is 10.5 Å². The summed E-state index contributed by atoms with van der Waals surface area (Å²) in [6, 6.07) is 9.69. The van der Waals surface area contributed by atoms with Crippen LogP contribution < -0.4 is 10.6 Å². The molecule has 1 aliphatic rings. The number of rotatable bonds is 3. The van der Waals surface area contributed by atoms with E-state index in [-0.39, 0.29) is 11.6 Å². The fourth-order valence-electron chi connectivity index (χ4n) is 2.74. The Morgan fingerprint density at radius 1 is 1.13 bits per heavy atom. The molecule has 1 aliphatic heterocycles. The van der Waals surface area contributed by atoms with Crippen molar-refractivity contribution in [1.82, 2.24) is 0 Å². The smallest absolute Gasteiger partial charge is 0.193 e. The van der Waals surface area contributed by atoms with Crippen LogP contribution in [0.4, 0.5) is 15.8 Å². The number of aryl methyl sites for hydroxylation is 1. The largest absolute Gasteiger partial charge is 0.397 e. The van der Waals surface area contributed by atoms with Gasteiger partial charge >= 0.3 is 0 Å². The Morgan fingerprint density at radius 2 is 1.78 bits per heavy atom. The zero-order valence-electron chi connectivity index (χ0n) is 13.0. The number of morpholine rings is 1. The van der Waals surface area contributed by atoms with E-state index in [2.05, 4.69) is 4.90 Å². The molecule has 120 valence electrons. The third kappa shape index (κ3) is 3.19. The molecule has 0 atom stereocenters. The Kier molecular flexibility index (Phi) is 4.30. The second-order valence-corrected chi connectivity index (χ2v) is 5.67. The summed E-state index contributed by atoms with van der Waals surface area (Å²) in [4.78, 5) is 14.7. The first-order valence-electron chi connectivity index (χ1n) is 7.59. The Balaban J connectivity index is 1.86. The lowest BCUT2D eigenvalue weighted by Crippen LogP contribution is -2.36. The van der Waals surface area contributed by atoms with Crippen molar-refractivity contribution in [2.75, 3.05) is 36.9 Å². The number of nitrogen functional groups attached to an aromatic ring is 1. The number of hydrogen-bond acceptors (Lipinski definition) is 4. The maximum absolute atomic E-state index is 13.3. The van der Waals surface area contributed by atoms with Crippen molar-refractivity contribution >= 4 is 17.2 Å². The molecule has 5 heteroatoms. The highest BCUT2D eigenvalue weighted by molar-refractivity contribution is 6.09. The molecular weight excluding hydrogens is 295 g/mol. The van der Waals surface area contributed by atoms with Crippen LogP contribution in [0.25, 0.3) is 0 Å². The second-order valence-electron chi connectivity index (χ2n) is 5.67. The molecule has 1 saturated heterocycles. The predicted molar refractivity (Wildman–Crippen MR) is 88.5 cm³/mol. The van der Waals surface area contributed by atoms with Crippen molar-refractivity contribution in [3.63, 3.8) is 0 Å². The van der Waals surface area contributed by atoms with Crippen LogP contribution in [-0.4, -0.2) is 32.1 Å². The highest BCUT2D eigenvalue weighted by Gasteiger charge is 2.16. The van der Waals surface area contributed by atoms with Crippen LogP contribution >= 0.6 is 0 Å². The van der Waals surface area contributed by atoms with Gasteiger partial charge in [0.2, 0.25) is 0 Å². The Hall–Kier alpha value is -2.40. The molecule has 4 nitrogen and oxygen atoms in total. The summed E-state index contributed by atoms with van der Waals surface area (Å²) in [5.41, 5.74) is 9.03. The van der Waals surface area contributed by atoms with Crippen molar-refractivity contribution in [1.29, 1.82) is 0 Å². The maximum atomic E-state index is 13.3. The monoisotopic (exact) mass is 314 g/mol. The van der Waals surface area contributed by atoms with Gasteiger partial charge in [0, 0.05) is 24.2 Å². The van der Waals surface area contributed by atoms with E-state index in [0.717, 1.165) is 18.8 Å². The Labute approximate surface area is 134 Å². The van der Waals surface area contributed by atoms with E-state index in [9.17, 15) is 9.18 Å². The van der Waals surface area contributed by atoms with Crippen LogP contribution in [0, 0.1) is 12.7 Å². The summed E-state index contributed by atoms with van der Waals surface area (Å²) in [5, 5.41) is 0. The number of carbonyl (C=O) groups excluding carboxylic acids is 1. The molecule has 0 bridgehead atoms. The minimum absolute atomic E-state index is 0.159. The van der Waals surface area contributed by atoms with Gasteiger partial charge in [-0.3, -0.25) is 4.79 Å². The molecule has 1 heterocycles. The number of carbonyl (C=O) groups is 1. The van der Waals surface area contributed by atoms with Gasteiger partial charge in [0.05, 0.1) is 24.6 Å². The van der Waals surface area contributed by atoms with E-state index in [1.54, 1.807) is 25.1 Å². The van der Waals surface area contributed by atoms with E-state index in [0.29, 0.717) is 35.6 Å². The van der Waals surface area contributed by atoms with E-state index >= 15 is 0 Å². The van der Waals surface area contributed by atoms with Crippen LogP contribution in [0.2, 0.25) is 0 Å². The van der Waals surface area contributed by atoms with Gasteiger partial charge in [0.15, 0.2) is 5.78 Å². The van der Waals surface area contributed by atoms with E-state index in [1.807, 2.05) is 6.07 Å². The average Bonchev–Trinajstić information content (AvgIpc) is 2.57. The minimum atomic E-state index is -0.316. The van der Waals surface area contributed by atoms with Crippen LogP contribution in [-0.2, 0) is 4.74 Å². The molecule has 0 spiro atoms. The minimum Gasteiger partial charge on any atom is -0.397 e. The maximum Gasteiger partial charge on any atom is 0.193 e. The molecule has 0 radical (unpaired) electrons. The first kappa shape index (κ1) is 15.5. The number of anilines is 2. The van der Waals surface area contributed by atoms with Crippen LogP contribution in [0.5, 0.6) is 0 Å². The summed E-state index contributed by atoms with van der Waals surface area (Å²) in [6.45, 7) is 4.56. The molecule has 0 unspecified atom stereocenters. The number of ether oxygens (including phenoxy) is 1. The van der Waals surface area contributed by atoms with Gasteiger partial charge in [-0.15, -0.1) is 0 Å². The van der Waals surface area contributed by atoms with Gasteiger partial charge in [0.1, 0.15) is 5.82 Å². The highest BCUT2D eigenvalue weighted by Crippen LogP contribution is 2.26. The molecule has 3 rings (SSSR count). The Morgan fingerprint density at radius 3 is 2.43 bits per heavy atom. The number of nitrogens with zero attached hydrogens (tertiary/aromatic N) is 1. The fraction of sp³-hybridized carbons (Fsp3) is 0.278. The molecule has 1 fully saturated rings. The zero-order chi connectivity index (χ0) is 16.4. The third-order valence-electron chi connectivity index (χ3n) is 4.06. The average molecular weight is 314 g/mol. The lowest BCUT2D eigenvalue weighted by Gasteiger charge is -2.30. The van der Waals surface area contributed by atoms with E-state index in [1.165, 1.54) is 12.1 Å². The summed E-state index contributed by atoms with van der Waals surface area (Å²) in [7, 11) is 0. The van der Waals surface area contributed by atoms with Crippen molar-refractivity contribution in [2.24, 2.45) is 0 Å². The number of ketones is 1. The Bertz CT molecular complexity index is 740. The van der Waals surface area contributed by atoms with Gasteiger partial charge in [-0.2, -0.15) is 0 Å². The molecule has 2 N–H and O–H groups in total. The first-order chi connectivity index (χ1) is 11.1. The predicted octanol–water partition coefficient (Wildman–Crippen LogP) is 2.78. The SMILES string of the molecule is Cc1cc(C(=O)c2ccc(N3CCOCC3)c(N)c2)ccc1F. The first-order valence-corrected chi connectivity index (χ1v) is 7.59. The molecular formula is C18H19FN2O2. The van der Waals surface area contributed by atoms with Crippen molar-refractivity contribution in [3.05, 3.63) is 58.9 Å². The fourth-order valence-corrected chi connectivity index (χ4v) is 2.74. The van der Waals surface area contributed by atoms with Gasteiger partial charge in [-0.1, -0.05) is 0 Å². The number of halogens is 1. The molecule has 0 aromatic heterocycles. The molecule has 0 saturated carbocycles. The third-order valence-corrected chi connectivity index (χ3v) is 4.06. The lowest BCUT2D eigenvalue weighted by molar-refractivity contribution is 0.103. The van der Waals surface area contributed by atoms with Crippen LogP contribution in [0.3, 0.4) is 0 Å². The summed E-state index contributed by atoms with van der Waals surface area (Å²) in [6.07, 6.45) is 0. The molecule has 2 aromatic rings. The van der Waals surface area contributed by atoms with Gasteiger partial charge in [-0.25, -0.2) is 4.39 Å². The lowest BCUT2D eigenvalue weighted by atomic mass is 10.0. The van der Waals surface area contributed by atoms with Crippen molar-refractivity contribution in [2.45, 2.75) is 6.92 Å². The summed E-state index contributed by atoms with van der Waals surface area (Å²) < 4.78 is 18.7. The molecule has 2 aromatic carbocycles. The standard InChI is InChI=1S/C18H19FN2O2/c1-12-10-13(2-4-15(12)19)18(22)14-3-5-17(16(20)11-14)21-6-8-23-9-7-21/h2-5,10-11H,6-9,20H2,1H3. The molecule has 0 amide bonds. The molecule has 0 aliphatic carbocycles. The van der Waals surface area contributed by atoms with E-state index < -0.39 is 0 Å². The zero-order valence-corrected chi connectivity index (χ0v) is 13.0.